The van der Waals surface area contributed by atoms with E-state index in [0.29, 0.717) is 11.0 Å². The lowest BCUT2D eigenvalue weighted by atomic mass is 10.3. The molecule has 17 heavy (non-hydrogen) atoms. The molecular formula is C9H12N4O3S. The normalized spacial score (nSPS) is 18.6. The predicted octanol–water partition coefficient (Wildman–Crippen LogP) is 0.250. The van der Waals surface area contributed by atoms with Crippen LogP contribution in [-0.4, -0.2) is 37.1 Å². The Kier molecular flexibility index (Phi) is 3.32. The third kappa shape index (κ3) is 2.41. The lowest BCUT2D eigenvalue weighted by Gasteiger charge is -2.21. The summed E-state index contributed by atoms with van der Waals surface area (Å²) in [6, 6.07) is 0. The van der Waals surface area contributed by atoms with Gasteiger partial charge in [0.2, 0.25) is 5.16 Å². The van der Waals surface area contributed by atoms with Gasteiger partial charge in [0.05, 0.1) is 6.42 Å². The molecule has 0 aromatic carbocycles. The van der Waals surface area contributed by atoms with Crippen LogP contribution in [0.4, 0.5) is 0 Å². The molecule has 1 aromatic heterocycles. The average Bonchev–Trinajstić information content (AvgIpc) is 2.62. The lowest BCUT2D eigenvalue weighted by Crippen LogP contribution is -2.38. The molecule has 2 N–H and O–H groups in total. The van der Waals surface area contributed by atoms with E-state index in [1.54, 1.807) is 0 Å². The molecule has 8 heteroatoms. The Labute approximate surface area is 102 Å². The van der Waals surface area contributed by atoms with Crippen LogP contribution in [0.25, 0.3) is 0 Å². The summed E-state index contributed by atoms with van der Waals surface area (Å²) >= 11 is 1.14. The number of hydrogen-bond donors (Lipinski definition) is 2. The lowest BCUT2D eigenvalue weighted by molar-refractivity contribution is -0.138. The number of rotatable bonds is 4. The van der Waals surface area contributed by atoms with Crippen LogP contribution in [0.15, 0.2) is 5.16 Å². The zero-order valence-corrected chi connectivity index (χ0v) is 10.0. The Balaban J connectivity index is 2.19. The first-order valence-electron chi connectivity index (χ1n) is 5.25. The molecule has 0 spiro atoms. The standard InChI is InChI=1S/C9H12N4O3S/c1-2-3-6-10-11-9-13(6)12-8(16)5(17-9)4-7(14)15/h5H,2-4H2,1H3,(H,12,16)(H,14,15). The molecule has 0 radical (unpaired) electrons. The Morgan fingerprint density at radius 1 is 1.59 bits per heavy atom. The number of carboxylic acid groups (broad SMARTS) is 1. The van der Waals surface area contributed by atoms with Crippen molar-refractivity contribution in [3.8, 4) is 0 Å². The number of aliphatic carboxylic acids is 1. The summed E-state index contributed by atoms with van der Waals surface area (Å²) in [4.78, 5) is 22.3. The summed E-state index contributed by atoms with van der Waals surface area (Å²) in [7, 11) is 0. The van der Waals surface area contributed by atoms with Crippen molar-refractivity contribution < 1.29 is 14.7 Å². The molecule has 1 aromatic rings. The second-order valence-electron chi connectivity index (χ2n) is 3.66. The second-order valence-corrected chi connectivity index (χ2v) is 4.83. The largest absolute Gasteiger partial charge is 0.481 e. The SMILES string of the molecule is CCCc1nnc2n1NC(=O)C(CC(=O)O)S2. The maximum absolute atomic E-state index is 11.7. The van der Waals surface area contributed by atoms with E-state index in [1.165, 1.54) is 4.68 Å². The molecule has 2 rings (SSSR count). The fraction of sp³-hybridized carbons (Fsp3) is 0.556. The third-order valence-corrected chi connectivity index (χ3v) is 3.44. The summed E-state index contributed by atoms with van der Waals surface area (Å²) in [6.45, 7) is 2.01. The summed E-state index contributed by atoms with van der Waals surface area (Å²) < 4.78 is 1.54. The number of thioether (sulfide) groups is 1. The van der Waals surface area contributed by atoms with Gasteiger partial charge in [0, 0.05) is 6.42 Å². The van der Waals surface area contributed by atoms with Gasteiger partial charge in [-0.3, -0.25) is 15.0 Å². The van der Waals surface area contributed by atoms with E-state index in [4.69, 9.17) is 5.11 Å². The summed E-state index contributed by atoms with van der Waals surface area (Å²) in [5.74, 6) is -0.626. The highest BCUT2D eigenvalue weighted by atomic mass is 32.2. The van der Waals surface area contributed by atoms with Crippen molar-refractivity contribution in [1.82, 2.24) is 14.9 Å². The van der Waals surface area contributed by atoms with Crippen LogP contribution < -0.4 is 5.43 Å². The van der Waals surface area contributed by atoms with Crippen molar-refractivity contribution in [1.29, 1.82) is 0 Å². The van der Waals surface area contributed by atoms with Crippen LogP contribution in [0.2, 0.25) is 0 Å². The number of nitrogens with one attached hydrogen (secondary N) is 1. The number of aromatic nitrogens is 3. The van der Waals surface area contributed by atoms with E-state index < -0.39 is 11.2 Å². The highest BCUT2D eigenvalue weighted by Crippen LogP contribution is 2.28. The molecule has 1 amide bonds. The van der Waals surface area contributed by atoms with E-state index in [-0.39, 0.29) is 12.3 Å². The van der Waals surface area contributed by atoms with E-state index in [2.05, 4.69) is 15.6 Å². The highest BCUT2D eigenvalue weighted by Gasteiger charge is 2.31. The van der Waals surface area contributed by atoms with Gasteiger partial charge in [-0.05, 0) is 6.42 Å². The minimum Gasteiger partial charge on any atom is -0.481 e. The van der Waals surface area contributed by atoms with Gasteiger partial charge in [-0.25, -0.2) is 4.68 Å². The van der Waals surface area contributed by atoms with Crippen LogP contribution in [0.3, 0.4) is 0 Å². The molecule has 92 valence electrons. The van der Waals surface area contributed by atoms with E-state index >= 15 is 0 Å². The molecule has 1 aliphatic heterocycles. The predicted molar refractivity (Wildman–Crippen MR) is 60.3 cm³/mol. The van der Waals surface area contributed by atoms with E-state index in [1.807, 2.05) is 6.92 Å². The zero-order chi connectivity index (χ0) is 12.4. The molecule has 0 saturated carbocycles. The van der Waals surface area contributed by atoms with Crippen molar-refractivity contribution in [3.05, 3.63) is 5.82 Å². The number of hydrogen-bond acceptors (Lipinski definition) is 5. The smallest absolute Gasteiger partial charge is 0.305 e. The highest BCUT2D eigenvalue weighted by molar-refractivity contribution is 8.00. The quantitative estimate of drug-likeness (QED) is 0.801. The first-order valence-corrected chi connectivity index (χ1v) is 6.13. The molecule has 0 bridgehead atoms. The van der Waals surface area contributed by atoms with Gasteiger partial charge in [-0.1, -0.05) is 18.7 Å². The summed E-state index contributed by atoms with van der Waals surface area (Å²) in [5.41, 5.74) is 2.62. The van der Waals surface area contributed by atoms with Crippen LogP contribution in [0, 0.1) is 0 Å². The topological polar surface area (TPSA) is 97.1 Å². The summed E-state index contributed by atoms with van der Waals surface area (Å²) in [5, 5.41) is 16.5. The van der Waals surface area contributed by atoms with Crippen LogP contribution in [0.5, 0.6) is 0 Å². The number of carboxylic acids is 1. The minimum atomic E-state index is -1.00. The van der Waals surface area contributed by atoms with Crippen LogP contribution in [0.1, 0.15) is 25.6 Å². The van der Waals surface area contributed by atoms with Crippen molar-refractivity contribution in [2.24, 2.45) is 0 Å². The number of amides is 1. The maximum Gasteiger partial charge on any atom is 0.305 e. The Hall–Kier alpha value is -1.57. The fourth-order valence-electron chi connectivity index (χ4n) is 1.53. The average molecular weight is 256 g/mol. The number of fused-ring (bicyclic) bond motifs is 1. The molecule has 0 saturated heterocycles. The van der Waals surface area contributed by atoms with Gasteiger partial charge in [-0.15, -0.1) is 10.2 Å². The third-order valence-electron chi connectivity index (χ3n) is 2.30. The molecule has 0 fully saturated rings. The minimum absolute atomic E-state index is 0.216. The number of aryl methyl sites for hydroxylation is 1. The van der Waals surface area contributed by atoms with Crippen LogP contribution >= 0.6 is 11.8 Å². The van der Waals surface area contributed by atoms with Gasteiger partial charge in [0.15, 0.2) is 5.82 Å². The maximum atomic E-state index is 11.7. The van der Waals surface area contributed by atoms with Crippen molar-refractivity contribution in [2.45, 2.75) is 36.6 Å². The Bertz CT molecular complexity index is 459. The van der Waals surface area contributed by atoms with Gasteiger partial charge in [-0.2, -0.15) is 0 Å². The summed E-state index contributed by atoms with van der Waals surface area (Å²) in [6.07, 6.45) is 1.40. The zero-order valence-electron chi connectivity index (χ0n) is 9.21. The second kappa shape index (κ2) is 4.74. The number of carbonyl (C=O) groups excluding carboxylic acids is 1. The Morgan fingerprint density at radius 2 is 2.35 bits per heavy atom. The van der Waals surface area contributed by atoms with Crippen LogP contribution in [-0.2, 0) is 16.0 Å². The van der Waals surface area contributed by atoms with Crippen molar-refractivity contribution >= 4 is 23.6 Å². The molecule has 2 heterocycles. The van der Waals surface area contributed by atoms with Gasteiger partial charge in [0.1, 0.15) is 5.25 Å². The van der Waals surface area contributed by atoms with E-state index in [0.717, 1.165) is 24.6 Å². The monoisotopic (exact) mass is 256 g/mol. The van der Waals surface area contributed by atoms with Crippen molar-refractivity contribution in [2.75, 3.05) is 5.43 Å². The molecular weight excluding hydrogens is 244 g/mol. The Morgan fingerprint density at radius 3 is 3.00 bits per heavy atom. The first-order chi connectivity index (χ1) is 8.11. The number of carbonyl (C=O) groups is 2. The molecule has 1 atom stereocenters. The molecule has 7 nitrogen and oxygen atoms in total. The molecule has 1 aliphatic rings. The van der Waals surface area contributed by atoms with Gasteiger partial charge < -0.3 is 5.11 Å². The van der Waals surface area contributed by atoms with E-state index in [9.17, 15) is 9.59 Å². The van der Waals surface area contributed by atoms with Gasteiger partial charge in [0.25, 0.3) is 5.91 Å². The fourth-order valence-corrected chi connectivity index (χ4v) is 2.51. The molecule has 1 unspecified atom stereocenters. The van der Waals surface area contributed by atoms with Gasteiger partial charge >= 0.3 is 5.97 Å². The van der Waals surface area contributed by atoms with Crippen molar-refractivity contribution in [3.63, 3.8) is 0 Å². The first kappa shape index (κ1) is 11.9. The number of nitrogens with zero attached hydrogens (tertiary/aromatic N) is 3. The molecule has 0 aliphatic carbocycles.